The smallest absolute Gasteiger partial charge is 0.432 e. The highest BCUT2D eigenvalue weighted by Gasteiger charge is 2.10. The van der Waals surface area contributed by atoms with E-state index in [9.17, 15) is 4.79 Å². The molecule has 0 aliphatic carbocycles. The highest BCUT2D eigenvalue weighted by molar-refractivity contribution is 8.76. The van der Waals surface area contributed by atoms with Crippen molar-refractivity contribution in [3.8, 4) is 0 Å². The number of carbonyl (C=O) groups is 1. The zero-order valence-corrected chi connectivity index (χ0v) is 13.4. The third-order valence-electron chi connectivity index (χ3n) is 2.54. The summed E-state index contributed by atoms with van der Waals surface area (Å²) in [6.07, 6.45) is 2.51. The first-order valence-electron chi connectivity index (χ1n) is 6.55. The summed E-state index contributed by atoms with van der Waals surface area (Å²) < 4.78 is 4.98. The summed E-state index contributed by atoms with van der Waals surface area (Å²) in [5.41, 5.74) is 1.23. The van der Waals surface area contributed by atoms with Crippen LogP contribution in [0.2, 0.25) is 0 Å². The lowest BCUT2D eigenvalue weighted by Crippen LogP contribution is -2.22. The van der Waals surface area contributed by atoms with Crippen LogP contribution in [0.1, 0.15) is 0 Å². The molecule has 0 saturated carbocycles. The lowest BCUT2D eigenvalue weighted by Gasteiger charge is -2.04. The molecule has 118 valence electrons. The molecule has 8 nitrogen and oxygen atoms in total. The van der Waals surface area contributed by atoms with E-state index in [1.54, 1.807) is 36.7 Å². The number of ether oxygens (including phenoxy) is 1. The second-order valence-electron chi connectivity index (χ2n) is 4.08. The van der Waals surface area contributed by atoms with Gasteiger partial charge in [0.15, 0.2) is 5.16 Å². The van der Waals surface area contributed by atoms with Crippen molar-refractivity contribution in [2.75, 3.05) is 12.4 Å². The third-order valence-corrected chi connectivity index (χ3v) is 4.66. The highest BCUT2D eigenvalue weighted by Crippen LogP contribution is 2.26. The van der Waals surface area contributed by atoms with Gasteiger partial charge in [-0.1, -0.05) is 27.8 Å². The summed E-state index contributed by atoms with van der Waals surface area (Å²) in [6, 6.07) is 8.89. The molecular weight excluding hydrogens is 338 g/mol. The Hall–Kier alpha value is -2.33. The van der Waals surface area contributed by atoms with Crippen LogP contribution in [0.3, 0.4) is 0 Å². The molecule has 3 rings (SSSR count). The molecule has 10 heteroatoms. The standard InChI is InChI=1S/C13H11N5O3S2/c19-13(20-8-9-22-23-12-14-6-3-7-15-12)21-18-11-5-2-1-4-10(11)16-17-18/h1-7H,8-9H2. The second kappa shape index (κ2) is 7.79. The predicted molar refractivity (Wildman–Crippen MR) is 85.8 cm³/mol. The molecular formula is C13H11N5O3S2. The molecule has 0 fully saturated rings. The monoisotopic (exact) mass is 349 g/mol. The van der Waals surface area contributed by atoms with E-state index in [1.807, 2.05) is 6.07 Å². The van der Waals surface area contributed by atoms with Crippen LogP contribution in [0, 0.1) is 0 Å². The van der Waals surface area contributed by atoms with Gasteiger partial charge in [0.25, 0.3) is 0 Å². The number of benzene rings is 1. The van der Waals surface area contributed by atoms with Crippen molar-refractivity contribution >= 4 is 38.8 Å². The van der Waals surface area contributed by atoms with E-state index in [0.717, 1.165) is 4.85 Å². The van der Waals surface area contributed by atoms with E-state index >= 15 is 0 Å². The minimum atomic E-state index is -0.831. The van der Waals surface area contributed by atoms with Gasteiger partial charge in [0.05, 0.1) is 0 Å². The number of hydrogen-bond acceptors (Lipinski definition) is 9. The Bertz CT molecular complexity index is 783. The van der Waals surface area contributed by atoms with E-state index in [0.29, 0.717) is 21.9 Å². The largest absolute Gasteiger partial charge is 0.535 e. The zero-order chi connectivity index (χ0) is 15.9. The summed E-state index contributed by atoms with van der Waals surface area (Å²) in [5.74, 6) is 0.579. The number of rotatable bonds is 6. The van der Waals surface area contributed by atoms with Gasteiger partial charge in [-0.15, -0.1) is 5.10 Å². The molecule has 3 aromatic rings. The Morgan fingerprint density at radius 2 is 2.00 bits per heavy atom. The predicted octanol–water partition coefficient (Wildman–Crippen LogP) is 2.23. The SMILES string of the molecule is O=C(OCCSSc1ncccn1)On1nnc2ccccc21. The summed E-state index contributed by atoms with van der Waals surface area (Å²) in [7, 11) is 2.90. The first-order valence-corrected chi connectivity index (χ1v) is 8.87. The Morgan fingerprint density at radius 3 is 2.87 bits per heavy atom. The molecule has 0 N–H and O–H groups in total. The quantitative estimate of drug-likeness (QED) is 0.218. The van der Waals surface area contributed by atoms with Crippen molar-refractivity contribution in [1.29, 1.82) is 0 Å². The van der Waals surface area contributed by atoms with Gasteiger partial charge in [0, 0.05) is 18.1 Å². The molecule has 0 aliphatic heterocycles. The number of aromatic nitrogens is 5. The maximum Gasteiger partial charge on any atom is 0.535 e. The van der Waals surface area contributed by atoms with Crippen molar-refractivity contribution < 1.29 is 14.4 Å². The molecule has 0 saturated heterocycles. The highest BCUT2D eigenvalue weighted by atomic mass is 33.1. The van der Waals surface area contributed by atoms with Crippen LogP contribution in [-0.2, 0) is 4.74 Å². The number of para-hydroxylation sites is 1. The maximum absolute atomic E-state index is 11.6. The Kier molecular flexibility index (Phi) is 5.27. The van der Waals surface area contributed by atoms with Crippen LogP contribution in [-0.4, -0.2) is 43.6 Å². The first kappa shape index (κ1) is 15.6. The zero-order valence-electron chi connectivity index (χ0n) is 11.7. The van der Waals surface area contributed by atoms with Crippen molar-refractivity contribution in [2.45, 2.75) is 5.16 Å². The molecule has 0 bridgehead atoms. The number of fused-ring (bicyclic) bond motifs is 1. The average Bonchev–Trinajstić information content (AvgIpc) is 2.99. The lowest BCUT2D eigenvalue weighted by atomic mass is 10.3. The van der Waals surface area contributed by atoms with Gasteiger partial charge >= 0.3 is 6.16 Å². The average molecular weight is 349 g/mol. The minimum absolute atomic E-state index is 0.204. The molecule has 1 aromatic carbocycles. The van der Waals surface area contributed by atoms with Crippen LogP contribution in [0.4, 0.5) is 4.79 Å². The summed E-state index contributed by atoms with van der Waals surface area (Å²) in [6.45, 7) is 0.204. The van der Waals surface area contributed by atoms with Crippen LogP contribution >= 0.6 is 21.6 Å². The fourth-order valence-electron chi connectivity index (χ4n) is 1.59. The van der Waals surface area contributed by atoms with Crippen LogP contribution in [0.5, 0.6) is 0 Å². The maximum atomic E-state index is 11.6. The molecule has 0 amide bonds. The topological polar surface area (TPSA) is 92.0 Å². The van der Waals surface area contributed by atoms with Crippen molar-refractivity contribution in [3.63, 3.8) is 0 Å². The summed E-state index contributed by atoms with van der Waals surface area (Å²) >= 11 is 0. The molecule has 0 unspecified atom stereocenters. The molecule has 23 heavy (non-hydrogen) atoms. The van der Waals surface area contributed by atoms with Crippen molar-refractivity contribution in [1.82, 2.24) is 25.1 Å². The van der Waals surface area contributed by atoms with Gasteiger partial charge in [0.2, 0.25) is 0 Å². The van der Waals surface area contributed by atoms with Gasteiger partial charge in [-0.05, 0) is 34.2 Å². The summed E-state index contributed by atoms with van der Waals surface area (Å²) in [5, 5.41) is 8.27. The van der Waals surface area contributed by atoms with E-state index in [-0.39, 0.29) is 6.61 Å². The van der Waals surface area contributed by atoms with Crippen molar-refractivity contribution in [2.24, 2.45) is 0 Å². The molecule has 2 heterocycles. The lowest BCUT2D eigenvalue weighted by molar-refractivity contribution is 0.0434. The van der Waals surface area contributed by atoms with E-state index in [1.165, 1.54) is 21.6 Å². The second-order valence-corrected chi connectivity index (χ2v) is 6.46. The Balaban J connectivity index is 1.40. The molecule has 0 aliphatic rings. The van der Waals surface area contributed by atoms with Gasteiger partial charge in [-0.2, -0.15) is 0 Å². The third kappa shape index (κ3) is 4.33. The van der Waals surface area contributed by atoms with Gasteiger partial charge < -0.3 is 4.74 Å². The number of hydrogen-bond donors (Lipinski definition) is 0. The van der Waals surface area contributed by atoms with E-state index in [2.05, 4.69) is 20.3 Å². The normalized spacial score (nSPS) is 10.6. The fraction of sp³-hybridized carbons (Fsp3) is 0.154. The molecule has 0 radical (unpaired) electrons. The molecule has 2 aromatic heterocycles. The number of carbonyl (C=O) groups excluding carboxylic acids is 1. The van der Waals surface area contributed by atoms with Crippen LogP contribution in [0.25, 0.3) is 11.0 Å². The van der Waals surface area contributed by atoms with Gasteiger partial charge in [0.1, 0.15) is 17.6 Å². The number of nitrogens with zero attached hydrogens (tertiary/aromatic N) is 5. The van der Waals surface area contributed by atoms with Gasteiger partial charge in [-0.25, -0.2) is 14.8 Å². The van der Waals surface area contributed by atoms with E-state index in [4.69, 9.17) is 9.57 Å². The minimum Gasteiger partial charge on any atom is -0.432 e. The van der Waals surface area contributed by atoms with Gasteiger partial charge in [-0.3, -0.25) is 4.84 Å². The summed E-state index contributed by atoms with van der Waals surface area (Å²) in [4.78, 5) is 25.8. The molecule has 0 spiro atoms. The molecule has 0 atom stereocenters. The Morgan fingerprint density at radius 1 is 1.17 bits per heavy atom. The van der Waals surface area contributed by atoms with E-state index < -0.39 is 6.16 Å². The fourth-order valence-corrected chi connectivity index (χ4v) is 3.17. The van der Waals surface area contributed by atoms with Crippen LogP contribution in [0.15, 0.2) is 47.9 Å². The van der Waals surface area contributed by atoms with Crippen molar-refractivity contribution in [3.05, 3.63) is 42.7 Å². The van der Waals surface area contributed by atoms with Crippen LogP contribution < -0.4 is 4.84 Å². The Labute approximate surface area is 138 Å². The first-order chi connectivity index (χ1) is 11.3.